The van der Waals surface area contributed by atoms with Crippen LogP contribution in [0.1, 0.15) is 21.5 Å². The number of amides is 1. The number of anilines is 1. The van der Waals surface area contributed by atoms with Crippen LogP contribution in [-0.4, -0.2) is 37.0 Å². The van der Waals surface area contributed by atoms with Crippen molar-refractivity contribution in [2.45, 2.75) is 13.5 Å². The van der Waals surface area contributed by atoms with Gasteiger partial charge < -0.3 is 19.5 Å². The van der Waals surface area contributed by atoms with Gasteiger partial charge in [-0.3, -0.25) is 9.48 Å². The molecule has 0 aliphatic heterocycles. The molecule has 1 heterocycles. The van der Waals surface area contributed by atoms with Gasteiger partial charge in [-0.1, -0.05) is 29.8 Å². The molecule has 0 saturated carbocycles. The summed E-state index contributed by atoms with van der Waals surface area (Å²) in [6.45, 7) is 2.67. The van der Waals surface area contributed by atoms with E-state index in [-0.39, 0.29) is 5.91 Å². The second kappa shape index (κ2) is 8.47. The van der Waals surface area contributed by atoms with E-state index in [2.05, 4.69) is 34.7 Å². The van der Waals surface area contributed by atoms with Crippen molar-refractivity contribution < 1.29 is 19.0 Å². The van der Waals surface area contributed by atoms with Crippen LogP contribution < -0.4 is 19.5 Å². The van der Waals surface area contributed by atoms with Crippen molar-refractivity contribution in [3.8, 4) is 17.2 Å². The van der Waals surface area contributed by atoms with Gasteiger partial charge in [0.1, 0.15) is 0 Å². The fourth-order valence-corrected chi connectivity index (χ4v) is 2.87. The third-order valence-corrected chi connectivity index (χ3v) is 4.31. The quantitative estimate of drug-likeness (QED) is 0.678. The van der Waals surface area contributed by atoms with Gasteiger partial charge in [0.25, 0.3) is 5.91 Å². The van der Waals surface area contributed by atoms with E-state index in [1.165, 1.54) is 26.9 Å². The van der Waals surface area contributed by atoms with Crippen LogP contribution in [0, 0.1) is 6.92 Å². The van der Waals surface area contributed by atoms with E-state index in [0.717, 1.165) is 5.56 Å². The zero-order valence-corrected chi connectivity index (χ0v) is 16.4. The van der Waals surface area contributed by atoms with Gasteiger partial charge in [0.2, 0.25) is 5.75 Å². The third kappa shape index (κ3) is 4.09. The number of ether oxygens (including phenoxy) is 3. The topological polar surface area (TPSA) is 74.6 Å². The average molecular weight is 381 g/mol. The molecule has 0 aliphatic carbocycles. The number of carbonyl (C=O) groups is 1. The first-order chi connectivity index (χ1) is 13.5. The maximum Gasteiger partial charge on any atom is 0.259 e. The number of nitrogens with one attached hydrogen (secondary N) is 1. The molecule has 0 fully saturated rings. The molecular formula is C21H23N3O4. The van der Waals surface area contributed by atoms with Crippen molar-refractivity contribution in [2.24, 2.45) is 0 Å². The van der Waals surface area contributed by atoms with Crippen molar-refractivity contribution in [1.29, 1.82) is 0 Å². The Balaban J connectivity index is 1.77. The molecule has 1 N–H and O–H groups in total. The minimum absolute atomic E-state index is 0.311. The predicted molar refractivity (Wildman–Crippen MR) is 107 cm³/mol. The highest BCUT2D eigenvalue weighted by atomic mass is 16.5. The van der Waals surface area contributed by atoms with Gasteiger partial charge in [0.05, 0.1) is 45.3 Å². The maximum atomic E-state index is 12.7. The van der Waals surface area contributed by atoms with Crippen molar-refractivity contribution in [3.63, 3.8) is 0 Å². The molecule has 2 aromatic carbocycles. The number of hydrogen-bond donors (Lipinski definition) is 1. The molecule has 0 unspecified atom stereocenters. The molecule has 1 amide bonds. The molecule has 0 radical (unpaired) electrons. The molecule has 0 aliphatic rings. The summed E-state index contributed by atoms with van der Waals surface area (Å²) in [5, 5.41) is 7.15. The summed E-state index contributed by atoms with van der Waals surface area (Å²) in [5.74, 6) is 0.841. The van der Waals surface area contributed by atoms with E-state index >= 15 is 0 Å². The van der Waals surface area contributed by atoms with Gasteiger partial charge in [-0.25, -0.2) is 0 Å². The summed E-state index contributed by atoms with van der Waals surface area (Å²) < 4.78 is 17.7. The fraction of sp³-hybridized carbons (Fsp3) is 0.238. The molecule has 7 nitrogen and oxygen atoms in total. The van der Waals surface area contributed by atoms with Crippen molar-refractivity contribution in [2.75, 3.05) is 26.6 Å². The summed E-state index contributed by atoms with van der Waals surface area (Å²) in [6, 6.07) is 11.5. The zero-order chi connectivity index (χ0) is 20.1. The SMILES string of the molecule is COc1ccc(C(=O)Nc2cnn(Cc3ccc(C)cc3)c2)c(OC)c1OC. The molecule has 7 heteroatoms. The van der Waals surface area contributed by atoms with Crippen molar-refractivity contribution in [3.05, 3.63) is 65.5 Å². The number of methoxy groups -OCH3 is 3. The summed E-state index contributed by atoms with van der Waals surface area (Å²) in [7, 11) is 4.50. The Bertz CT molecular complexity index is 964. The first-order valence-electron chi connectivity index (χ1n) is 8.74. The lowest BCUT2D eigenvalue weighted by molar-refractivity contribution is 0.102. The third-order valence-electron chi connectivity index (χ3n) is 4.31. The van der Waals surface area contributed by atoms with Crippen LogP contribution in [0.2, 0.25) is 0 Å². The number of nitrogens with zero attached hydrogens (tertiary/aromatic N) is 2. The monoisotopic (exact) mass is 381 g/mol. The second-order valence-electron chi connectivity index (χ2n) is 6.25. The summed E-state index contributed by atoms with van der Waals surface area (Å²) in [4.78, 5) is 12.7. The number of aromatic nitrogens is 2. The molecule has 146 valence electrons. The molecule has 28 heavy (non-hydrogen) atoms. The van der Waals surface area contributed by atoms with E-state index in [4.69, 9.17) is 14.2 Å². The van der Waals surface area contributed by atoms with Gasteiger partial charge in [0, 0.05) is 6.20 Å². The second-order valence-corrected chi connectivity index (χ2v) is 6.25. The number of rotatable bonds is 7. The Morgan fingerprint density at radius 2 is 1.71 bits per heavy atom. The normalized spacial score (nSPS) is 10.4. The standard InChI is InChI=1S/C21H23N3O4/c1-14-5-7-15(8-6-14)12-24-13-16(11-22-24)23-21(25)17-9-10-18(26-2)20(28-4)19(17)27-3/h5-11,13H,12H2,1-4H3,(H,23,25). The number of hydrogen-bond acceptors (Lipinski definition) is 5. The van der Waals surface area contributed by atoms with E-state index in [0.29, 0.717) is 35.0 Å². The number of carbonyl (C=O) groups excluding carboxylic acids is 1. The van der Waals surface area contributed by atoms with Gasteiger partial charge in [-0.2, -0.15) is 5.10 Å². The van der Waals surface area contributed by atoms with Crippen LogP contribution in [0.5, 0.6) is 17.2 Å². The highest BCUT2D eigenvalue weighted by molar-refractivity contribution is 6.06. The Labute approximate surface area is 163 Å². The van der Waals surface area contributed by atoms with Crippen LogP contribution >= 0.6 is 0 Å². The molecule has 0 saturated heterocycles. The van der Waals surface area contributed by atoms with Crippen LogP contribution in [0.15, 0.2) is 48.8 Å². The lowest BCUT2D eigenvalue weighted by Crippen LogP contribution is -2.13. The smallest absolute Gasteiger partial charge is 0.259 e. The van der Waals surface area contributed by atoms with Crippen LogP contribution in [0.3, 0.4) is 0 Å². The van der Waals surface area contributed by atoms with Crippen molar-refractivity contribution >= 4 is 11.6 Å². The Morgan fingerprint density at radius 1 is 1.00 bits per heavy atom. The Kier molecular flexibility index (Phi) is 5.84. The predicted octanol–water partition coefficient (Wildman–Crippen LogP) is 3.52. The molecule has 3 aromatic rings. The maximum absolute atomic E-state index is 12.7. The highest BCUT2D eigenvalue weighted by Gasteiger charge is 2.21. The summed E-state index contributed by atoms with van der Waals surface area (Å²) in [6.07, 6.45) is 3.39. The molecular weight excluding hydrogens is 358 g/mol. The van der Waals surface area contributed by atoms with Gasteiger partial charge in [-0.15, -0.1) is 0 Å². The van der Waals surface area contributed by atoms with E-state index in [1.54, 1.807) is 29.2 Å². The zero-order valence-electron chi connectivity index (χ0n) is 16.4. The Hall–Kier alpha value is -3.48. The van der Waals surface area contributed by atoms with E-state index in [1.807, 2.05) is 6.92 Å². The first-order valence-corrected chi connectivity index (χ1v) is 8.74. The summed E-state index contributed by atoms with van der Waals surface area (Å²) >= 11 is 0. The average Bonchev–Trinajstić information content (AvgIpc) is 3.14. The lowest BCUT2D eigenvalue weighted by atomic mass is 10.1. The van der Waals surface area contributed by atoms with E-state index < -0.39 is 0 Å². The molecule has 1 aromatic heterocycles. The highest BCUT2D eigenvalue weighted by Crippen LogP contribution is 2.39. The fourth-order valence-electron chi connectivity index (χ4n) is 2.87. The van der Waals surface area contributed by atoms with Crippen LogP contribution in [0.25, 0.3) is 0 Å². The van der Waals surface area contributed by atoms with Crippen LogP contribution in [-0.2, 0) is 6.54 Å². The van der Waals surface area contributed by atoms with Gasteiger partial charge in [0.15, 0.2) is 11.5 Å². The van der Waals surface area contributed by atoms with Gasteiger partial charge in [-0.05, 0) is 24.6 Å². The summed E-state index contributed by atoms with van der Waals surface area (Å²) in [5.41, 5.74) is 3.27. The van der Waals surface area contributed by atoms with Crippen LogP contribution in [0.4, 0.5) is 5.69 Å². The van der Waals surface area contributed by atoms with Crippen molar-refractivity contribution in [1.82, 2.24) is 9.78 Å². The molecule has 0 atom stereocenters. The first kappa shape index (κ1) is 19.3. The minimum atomic E-state index is -0.326. The molecule has 0 bridgehead atoms. The Morgan fingerprint density at radius 3 is 2.36 bits per heavy atom. The largest absolute Gasteiger partial charge is 0.493 e. The molecule has 3 rings (SSSR count). The van der Waals surface area contributed by atoms with Gasteiger partial charge >= 0.3 is 0 Å². The lowest BCUT2D eigenvalue weighted by Gasteiger charge is -2.15. The number of benzene rings is 2. The van der Waals surface area contributed by atoms with E-state index in [9.17, 15) is 4.79 Å². The minimum Gasteiger partial charge on any atom is -0.493 e. The molecule has 0 spiro atoms. The number of aryl methyl sites for hydroxylation is 1.